The molecular weight excluding hydrogens is 262 g/mol. The van der Waals surface area contributed by atoms with Gasteiger partial charge in [0.05, 0.1) is 11.0 Å². The number of hydrogen-bond donors (Lipinski definition) is 0. The van der Waals surface area contributed by atoms with Crippen molar-refractivity contribution in [1.29, 1.82) is 0 Å². The molecule has 0 aromatic heterocycles. The molecule has 2 fully saturated rings. The van der Waals surface area contributed by atoms with Gasteiger partial charge in [0.2, 0.25) is 5.91 Å². The summed E-state index contributed by atoms with van der Waals surface area (Å²) in [5.41, 5.74) is 0. The molecule has 2 aliphatic rings. The van der Waals surface area contributed by atoms with Crippen LogP contribution in [0, 0.1) is 5.92 Å². The number of carbonyl (C=O) groups is 1. The lowest BCUT2D eigenvalue weighted by molar-refractivity contribution is -0.132. The van der Waals surface area contributed by atoms with Crippen molar-refractivity contribution in [1.82, 2.24) is 4.90 Å². The summed E-state index contributed by atoms with van der Waals surface area (Å²) in [6, 6.07) is 0. The number of sulfone groups is 1. The number of carbonyl (C=O) groups excluding carboxylic acids is 1. The number of rotatable bonds is 4. The highest BCUT2D eigenvalue weighted by Crippen LogP contribution is 2.25. The summed E-state index contributed by atoms with van der Waals surface area (Å²) in [5, 5.41) is -0.180. The van der Waals surface area contributed by atoms with Crippen LogP contribution in [0.2, 0.25) is 0 Å². The van der Waals surface area contributed by atoms with Crippen LogP contribution >= 0.6 is 0 Å². The van der Waals surface area contributed by atoms with E-state index in [1.807, 2.05) is 4.90 Å². The molecule has 110 valence electrons. The predicted octanol–water partition coefficient (Wildman–Crippen LogP) is 1.99. The van der Waals surface area contributed by atoms with Crippen molar-refractivity contribution in [2.75, 3.05) is 18.8 Å². The summed E-state index contributed by atoms with van der Waals surface area (Å²) < 4.78 is 24.2. The molecule has 2 rings (SSSR count). The first-order valence-electron chi connectivity index (χ1n) is 7.48. The summed E-state index contributed by atoms with van der Waals surface area (Å²) in [6.07, 6.45) is 6.00. The zero-order valence-electron chi connectivity index (χ0n) is 11.8. The maximum absolute atomic E-state index is 12.1. The Morgan fingerprint density at radius 1 is 1.16 bits per heavy atom. The smallest absolute Gasteiger partial charge is 0.223 e. The molecule has 1 saturated carbocycles. The lowest BCUT2D eigenvalue weighted by Gasteiger charge is -2.31. The summed E-state index contributed by atoms with van der Waals surface area (Å²) >= 11 is 0. The van der Waals surface area contributed by atoms with Gasteiger partial charge < -0.3 is 4.90 Å². The molecule has 4 nitrogen and oxygen atoms in total. The van der Waals surface area contributed by atoms with E-state index in [9.17, 15) is 13.2 Å². The third-order valence-electron chi connectivity index (χ3n) is 4.42. The zero-order valence-corrected chi connectivity index (χ0v) is 12.6. The van der Waals surface area contributed by atoms with Gasteiger partial charge in [-0.2, -0.15) is 0 Å². The molecule has 0 aromatic carbocycles. The summed E-state index contributed by atoms with van der Waals surface area (Å²) in [5.74, 6) is 0.610. The molecule has 1 aliphatic heterocycles. The van der Waals surface area contributed by atoms with Gasteiger partial charge in [-0.25, -0.2) is 8.42 Å². The molecule has 0 unspecified atom stereocenters. The summed E-state index contributed by atoms with van der Waals surface area (Å²) in [4.78, 5) is 13.9. The Morgan fingerprint density at radius 3 is 2.47 bits per heavy atom. The van der Waals surface area contributed by atoms with Crippen LogP contribution in [0.4, 0.5) is 0 Å². The fourth-order valence-electron chi connectivity index (χ4n) is 3.22. The van der Waals surface area contributed by atoms with Gasteiger partial charge in [0, 0.05) is 19.5 Å². The Kier molecular flexibility index (Phi) is 4.87. The Bertz CT molecular complexity index is 412. The number of piperidine rings is 1. The minimum atomic E-state index is -3.05. The highest BCUT2D eigenvalue weighted by molar-refractivity contribution is 7.92. The number of nitrogens with zero attached hydrogens (tertiary/aromatic N) is 1. The predicted molar refractivity (Wildman–Crippen MR) is 75.6 cm³/mol. The Balaban J connectivity index is 1.82. The second-order valence-corrected chi connectivity index (χ2v) is 8.51. The SMILES string of the molecule is C[C@H]1CCCN(C(=O)CCS(=O)(=O)C2CCCC2)C1. The normalized spacial score (nSPS) is 25.7. The van der Waals surface area contributed by atoms with Gasteiger partial charge in [-0.15, -0.1) is 0 Å². The van der Waals surface area contributed by atoms with Crippen LogP contribution in [0.5, 0.6) is 0 Å². The number of amides is 1. The molecule has 1 saturated heterocycles. The lowest BCUT2D eigenvalue weighted by Crippen LogP contribution is -2.40. The fraction of sp³-hybridized carbons (Fsp3) is 0.929. The molecule has 1 heterocycles. The molecule has 19 heavy (non-hydrogen) atoms. The second-order valence-electron chi connectivity index (χ2n) is 6.11. The van der Waals surface area contributed by atoms with Crippen LogP contribution in [-0.4, -0.2) is 43.3 Å². The molecule has 0 spiro atoms. The largest absolute Gasteiger partial charge is 0.342 e. The van der Waals surface area contributed by atoms with Gasteiger partial charge in [0.25, 0.3) is 0 Å². The van der Waals surface area contributed by atoms with Crippen LogP contribution in [0.1, 0.15) is 51.9 Å². The first-order chi connectivity index (χ1) is 8.99. The van der Waals surface area contributed by atoms with Gasteiger partial charge in [-0.1, -0.05) is 19.8 Å². The van der Waals surface area contributed by atoms with Gasteiger partial charge in [-0.05, 0) is 31.6 Å². The van der Waals surface area contributed by atoms with Crippen LogP contribution in [-0.2, 0) is 14.6 Å². The molecule has 1 aliphatic carbocycles. The topological polar surface area (TPSA) is 54.5 Å². The van der Waals surface area contributed by atoms with Gasteiger partial charge in [-0.3, -0.25) is 4.79 Å². The van der Waals surface area contributed by atoms with Crippen molar-refractivity contribution in [2.45, 2.75) is 57.1 Å². The zero-order chi connectivity index (χ0) is 13.9. The van der Waals surface area contributed by atoms with Crippen LogP contribution in [0.15, 0.2) is 0 Å². The van der Waals surface area contributed by atoms with Crippen molar-refractivity contribution < 1.29 is 13.2 Å². The van der Waals surface area contributed by atoms with Gasteiger partial charge in [0.15, 0.2) is 9.84 Å². The van der Waals surface area contributed by atoms with Crippen molar-refractivity contribution >= 4 is 15.7 Å². The van der Waals surface area contributed by atoms with E-state index in [0.29, 0.717) is 5.92 Å². The molecule has 0 N–H and O–H groups in total. The average molecular weight is 287 g/mol. The number of likely N-dealkylation sites (tertiary alicyclic amines) is 1. The quantitative estimate of drug-likeness (QED) is 0.794. The fourth-order valence-corrected chi connectivity index (χ4v) is 5.06. The van der Waals surface area contributed by atoms with Crippen LogP contribution in [0.3, 0.4) is 0 Å². The average Bonchev–Trinajstić information content (AvgIpc) is 2.90. The summed E-state index contributed by atoms with van der Waals surface area (Å²) in [7, 11) is -3.05. The molecule has 0 bridgehead atoms. The standard InChI is InChI=1S/C14H25NO3S/c1-12-5-4-9-15(11-12)14(16)8-10-19(17,18)13-6-2-3-7-13/h12-13H,2-11H2,1H3/t12-/m0/s1. The first kappa shape index (κ1) is 14.8. The first-order valence-corrected chi connectivity index (χ1v) is 9.20. The Hall–Kier alpha value is -0.580. The molecule has 1 amide bonds. The monoisotopic (exact) mass is 287 g/mol. The third-order valence-corrected chi connectivity index (χ3v) is 6.68. The van der Waals surface area contributed by atoms with E-state index in [4.69, 9.17) is 0 Å². The highest BCUT2D eigenvalue weighted by Gasteiger charge is 2.30. The second kappa shape index (κ2) is 6.25. The van der Waals surface area contributed by atoms with Crippen molar-refractivity contribution in [3.05, 3.63) is 0 Å². The van der Waals surface area contributed by atoms with E-state index in [-0.39, 0.29) is 23.3 Å². The Labute approximate surface area is 116 Å². The molecule has 0 aromatic rings. The van der Waals surface area contributed by atoms with E-state index in [0.717, 1.165) is 45.2 Å². The van der Waals surface area contributed by atoms with Gasteiger partial charge in [0.1, 0.15) is 0 Å². The van der Waals surface area contributed by atoms with Gasteiger partial charge >= 0.3 is 0 Å². The van der Waals surface area contributed by atoms with Crippen molar-refractivity contribution in [3.63, 3.8) is 0 Å². The van der Waals surface area contributed by atoms with Crippen molar-refractivity contribution in [3.8, 4) is 0 Å². The maximum atomic E-state index is 12.1. The lowest BCUT2D eigenvalue weighted by atomic mass is 10.0. The minimum absolute atomic E-state index is 0.0214. The van der Waals surface area contributed by atoms with E-state index >= 15 is 0 Å². The number of hydrogen-bond acceptors (Lipinski definition) is 3. The van der Waals surface area contributed by atoms with E-state index in [1.54, 1.807) is 0 Å². The van der Waals surface area contributed by atoms with Crippen LogP contribution < -0.4 is 0 Å². The minimum Gasteiger partial charge on any atom is -0.342 e. The maximum Gasteiger partial charge on any atom is 0.223 e. The third kappa shape index (κ3) is 3.94. The van der Waals surface area contributed by atoms with E-state index in [1.165, 1.54) is 6.42 Å². The molecule has 0 radical (unpaired) electrons. The van der Waals surface area contributed by atoms with E-state index in [2.05, 4.69) is 6.92 Å². The molecular formula is C14H25NO3S. The molecule has 5 heteroatoms. The van der Waals surface area contributed by atoms with E-state index < -0.39 is 9.84 Å². The highest BCUT2D eigenvalue weighted by atomic mass is 32.2. The van der Waals surface area contributed by atoms with Crippen LogP contribution in [0.25, 0.3) is 0 Å². The van der Waals surface area contributed by atoms with Crippen molar-refractivity contribution in [2.24, 2.45) is 5.92 Å². The summed E-state index contributed by atoms with van der Waals surface area (Å²) in [6.45, 7) is 3.74. The Morgan fingerprint density at radius 2 is 1.84 bits per heavy atom. The molecule has 1 atom stereocenters.